The van der Waals surface area contributed by atoms with Gasteiger partial charge in [0.05, 0.1) is 12.2 Å². The van der Waals surface area contributed by atoms with E-state index in [0.717, 1.165) is 5.69 Å². The highest BCUT2D eigenvalue weighted by Crippen LogP contribution is 2.33. The monoisotopic (exact) mass is 311 g/mol. The lowest BCUT2D eigenvalue weighted by atomic mass is 10.1. The Morgan fingerprint density at radius 3 is 2.74 bits per heavy atom. The van der Waals surface area contributed by atoms with Crippen molar-refractivity contribution in [2.45, 2.75) is 13.0 Å². The zero-order valence-electron chi connectivity index (χ0n) is 12.9. The van der Waals surface area contributed by atoms with Crippen LogP contribution < -0.4 is 15.0 Å². The minimum atomic E-state index is -0.747. The molecule has 118 valence electrons. The minimum absolute atomic E-state index is 0.144. The molecule has 0 fully saturated rings. The zero-order valence-corrected chi connectivity index (χ0v) is 12.9. The van der Waals surface area contributed by atoms with Crippen molar-refractivity contribution in [1.82, 2.24) is 10.3 Å². The third-order valence-electron chi connectivity index (χ3n) is 3.67. The van der Waals surface area contributed by atoms with Gasteiger partial charge in [-0.05, 0) is 31.2 Å². The van der Waals surface area contributed by atoms with Gasteiger partial charge in [-0.3, -0.25) is 14.5 Å². The van der Waals surface area contributed by atoms with E-state index in [1.807, 2.05) is 19.1 Å². The molecule has 2 aromatic rings. The van der Waals surface area contributed by atoms with Crippen LogP contribution >= 0.6 is 0 Å². The quantitative estimate of drug-likeness (QED) is 0.913. The van der Waals surface area contributed by atoms with Gasteiger partial charge >= 0.3 is 0 Å². The number of likely N-dealkylation sites (N-methyl/N-ethyl adjacent to an activating group) is 1. The van der Waals surface area contributed by atoms with Gasteiger partial charge in [0.25, 0.3) is 11.8 Å². The third-order valence-corrected chi connectivity index (χ3v) is 3.67. The summed E-state index contributed by atoms with van der Waals surface area (Å²) in [6, 6.07) is 12.5. The van der Waals surface area contributed by atoms with Gasteiger partial charge in [-0.1, -0.05) is 18.2 Å². The molecule has 1 aliphatic rings. The minimum Gasteiger partial charge on any atom is -0.477 e. The predicted octanol–water partition coefficient (Wildman–Crippen LogP) is 1.54. The molecular formula is C17H17N3O3. The van der Waals surface area contributed by atoms with Crippen molar-refractivity contribution in [3.8, 4) is 5.75 Å². The average molecular weight is 311 g/mol. The average Bonchev–Trinajstić information content (AvgIpc) is 2.59. The lowest BCUT2D eigenvalue weighted by Gasteiger charge is -2.33. The second kappa shape index (κ2) is 6.08. The van der Waals surface area contributed by atoms with E-state index in [-0.39, 0.29) is 18.4 Å². The molecule has 1 N–H and O–H groups in total. The van der Waals surface area contributed by atoms with Crippen LogP contribution in [0.1, 0.15) is 16.2 Å². The highest BCUT2D eigenvalue weighted by molar-refractivity contribution is 6.06. The summed E-state index contributed by atoms with van der Waals surface area (Å²) in [7, 11) is 1.54. The summed E-state index contributed by atoms with van der Waals surface area (Å²) >= 11 is 0. The number of hydrogen-bond donors (Lipinski definition) is 1. The van der Waals surface area contributed by atoms with Gasteiger partial charge in [0.2, 0.25) is 0 Å². The Kier molecular flexibility index (Phi) is 3.97. The molecule has 23 heavy (non-hydrogen) atoms. The summed E-state index contributed by atoms with van der Waals surface area (Å²) < 4.78 is 5.70. The number of carbonyl (C=O) groups excluding carboxylic acids is 2. The van der Waals surface area contributed by atoms with Gasteiger partial charge in [0.15, 0.2) is 6.10 Å². The Morgan fingerprint density at radius 1 is 1.22 bits per heavy atom. The molecule has 1 aromatic heterocycles. The van der Waals surface area contributed by atoms with Crippen LogP contribution in [0.4, 0.5) is 5.69 Å². The number of carbonyl (C=O) groups is 2. The largest absolute Gasteiger partial charge is 0.477 e. The second-order valence-electron chi connectivity index (χ2n) is 5.27. The molecule has 1 aromatic carbocycles. The first-order valence-corrected chi connectivity index (χ1v) is 7.33. The molecule has 0 aliphatic carbocycles. The van der Waals surface area contributed by atoms with Crippen LogP contribution in [0.15, 0.2) is 42.5 Å². The Labute approximate surface area is 134 Å². The molecule has 3 rings (SSSR count). The number of anilines is 1. The van der Waals surface area contributed by atoms with E-state index in [0.29, 0.717) is 17.1 Å². The first kappa shape index (κ1) is 15.0. The zero-order chi connectivity index (χ0) is 16.4. The molecule has 6 nitrogen and oxygen atoms in total. The molecule has 0 unspecified atom stereocenters. The van der Waals surface area contributed by atoms with Crippen LogP contribution in [0.25, 0.3) is 0 Å². The molecule has 0 saturated heterocycles. The number of hydrogen-bond acceptors (Lipinski definition) is 4. The number of pyridine rings is 1. The number of benzene rings is 1. The molecule has 0 radical (unpaired) electrons. The molecule has 2 heterocycles. The smallest absolute Gasteiger partial charge is 0.277 e. The number of nitrogens with zero attached hydrogens (tertiary/aromatic N) is 2. The van der Waals surface area contributed by atoms with Crippen molar-refractivity contribution in [1.29, 1.82) is 0 Å². The molecule has 2 amide bonds. The number of rotatable bonds is 2. The summed E-state index contributed by atoms with van der Waals surface area (Å²) in [6.07, 6.45) is -0.747. The predicted molar refractivity (Wildman–Crippen MR) is 85.6 cm³/mol. The van der Waals surface area contributed by atoms with Gasteiger partial charge < -0.3 is 10.1 Å². The number of para-hydroxylation sites is 2. The summed E-state index contributed by atoms with van der Waals surface area (Å²) in [5, 5.41) is 2.56. The van der Waals surface area contributed by atoms with Gasteiger partial charge in [0.1, 0.15) is 11.4 Å². The Morgan fingerprint density at radius 2 is 2.00 bits per heavy atom. The first-order valence-electron chi connectivity index (χ1n) is 7.33. The number of fused-ring (bicyclic) bond motifs is 1. The summed E-state index contributed by atoms with van der Waals surface area (Å²) in [5.41, 5.74) is 1.75. The molecule has 0 spiro atoms. The fraction of sp³-hybridized carbons (Fsp3) is 0.235. The lowest BCUT2D eigenvalue weighted by Crippen LogP contribution is -2.50. The highest BCUT2D eigenvalue weighted by atomic mass is 16.5. The Bertz CT molecular complexity index is 760. The molecule has 0 bridgehead atoms. The maximum Gasteiger partial charge on any atom is 0.277 e. The fourth-order valence-electron chi connectivity index (χ4n) is 2.52. The van der Waals surface area contributed by atoms with E-state index in [2.05, 4.69) is 10.3 Å². The van der Waals surface area contributed by atoms with Crippen molar-refractivity contribution in [2.75, 3.05) is 18.5 Å². The maximum absolute atomic E-state index is 12.8. The van der Waals surface area contributed by atoms with Gasteiger partial charge in [-0.2, -0.15) is 0 Å². The summed E-state index contributed by atoms with van der Waals surface area (Å²) in [4.78, 5) is 30.6. The van der Waals surface area contributed by atoms with Gasteiger partial charge in [-0.25, -0.2) is 4.98 Å². The van der Waals surface area contributed by atoms with Crippen LogP contribution in [0.3, 0.4) is 0 Å². The SMILES string of the molecule is CNC(=O)[C@@H]1CN(C(=O)c2cccc(C)n2)c2ccccc2O1. The number of ether oxygens (including phenoxy) is 1. The van der Waals surface area contributed by atoms with Crippen molar-refractivity contribution >= 4 is 17.5 Å². The lowest BCUT2D eigenvalue weighted by molar-refractivity contribution is -0.127. The van der Waals surface area contributed by atoms with Crippen molar-refractivity contribution in [3.63, 3.8) is 0 Å². The molecule has 1 atom stereocenters. The van der Waals surface area contributed by atoms with Crippen LogP contribution in [0.5, 0.6) is 5.75 Å². The van der Waals surface area contributed by atoms with E-state index in [1.165, 1.54) is 0 Å². The maximum atomic E-state index is 12.8. The van der Waals surface area contributed by atoms with E-state index in [4.69, 9.17) is 4.74 Å². The Hall–Kier alpha value is -2.89. The molecule has 6 heteroatoms. The van der Waals surface area contributed by atoms with Crippen molar-refractivity contribution < 1.29 is 14.3 Å². The standard InChI is InChI=1S/C17H17N3O3/c1-11-6-5-7-12(19-11)17(22)20-10-15(16(21)18-2)23-14-9-4-3-8-13(14)20/h3-9,15H,10H2,1-2H3,(H,18,21)/t15-/m0/s1. The number of nitrogens with one attached hydrogen (secondary N) is 1. The van der Waals surface area contributed by atoms with Crippen LogP contribution in [0.2, 0.25) is 0 Å². The van der Waals surface area contributed by atoms with Gasteiger partial charge in [-0.15, -0.1) is 0 Å². The number of amides is 2. The van der Waals surface area contributed by atoms with Crippen LogP contribution in [-0.4, -0.2) is 36.5 Å². The fourth-order valence-corrected chi connectivity index (χ4v) is 2.52. The van der Waals surface area contributed by atoms with E-state index in [9.17, 15) is 9.59 Å². The van der Waals surface area contributed by atoms with E-state index >= 15 is 0 Å². The second-order valence-corrected chi connectivity index (χ2v) is 5.27. The Balaban J connectivity index is 1.99. The van der Waals surface area contributed by atoms with Crippen LogP contribution in [0, 0.1) is 6.92 Å². The van der Waals surface area contributed by atoms with E-state index < -0.39 is 6.10 Å². The topological polar surface area (TPSA) is 71.5 Å². The normalized spacial score (nSPS) is 16.3. The summed E-state index contributed by atoms with van der Waals surface area (Å²) in [6.45, 7) is 1.97. The van der Waals surface area contributed by atoms with Gasteiger partial charge in [0, 0.05) is 12.7 Å². The molecule has 1 aliphatic heterocycles. The summed E-state index contributed by atoms with van der Waals surface area (Å²) in [5.74, 6) is -0.0128. The van der Waals surface area contributed by atoms with E-state index in [1.54, 1.807) is 42.3 Å². The van der Waals surface area contributed by atoms with Crippen molar-refractivity contribution in [2.24, 2.45) is 0 Å². The highest BCUT2D eigenvalue weighted by Gasteiger charge is 2.34. The van der Waals surface area contributed by atoms with Crippen LogP contribution in [-0.2, 0) is 4.79 Å². The number of aromatic nitrogens is 1. The third kappa shape index (κ3) is 2.88. The molecule has 0 saturated carbocycles. The first-order chi connectivity index (χ1) is 11.1. The van der Waals surface area contributed by atoms with Crippen molar-refractivity contribution in [3.05, 3.63) is 53.9 Å². The molecular weight excluding hydrogens is 294 g/mol. The number of aryl methyl sites for hydroxylation is 1.